The van der Waals surface area contributed by atoms with Gasteiger partial charge in [-0.05, 0) is 19.8 Å². The van der Waals surface area contributed by atoms with E-state index in [4.69, 9.17) is 9.47 Å². The second-order valence-electron chi connectivity index (χ2n) is 3.52. The molecule has 4 heteroatoms. The molecule has 0 aromatic heterocycles. The fourth-order valence-electron chi connectivity index (χ4n) is 0.977. The lowest BCUT2D eigenvalue weighted by molar-refractivity contribution is -0.119. The van der Waals surface area contributed by atoms with Crippen molar-refractivity contribution < 1.29 is 14.3 Å². The molecule has 16 heavy (non-hydrogen) atoms. The number of carbonyl (C=O) groups excluding carboxylic acids is 1. The lowest BCUT2D eigenvalue weighted by atomic mass is 10.3. The number of amides is 1. The zero-order chi connectivity index (χ0) is 12.2. The molecule has 4 nitrogen and oxygen atoms in total. The van der Waals surface area contributed by atoms with Gasteiger partial charge in [0.2, 0.25) is 5.91 Å². The van der Waals surface area contributed by atoms with Gasteiger partial charge in [0.15, 0.2) is 0 Å². The Labute approximate surface area is 98.0 Å². The quantitative estimate of drug-likeness (QED) is 0.373. The Balaban J connectivity index is 3.63. The number of carbonyl (C=O) groups is 1. The van der Waals surface area contributed by atoms with Crippen molar-refractivity contribution in [2.75, 3.05) is 26.6 Å². The van der Waals surface area contributed by atoms with Crippen molar-refractivity contribution in [1.82, 2.24) is 5.32 Å². The SMILES string of the molecule is CCCOCC=C(C)C(=O)NCOCCC. The average Bonchev–Trinajstić information content (AvgIpc) is 2.29. The van der Waals surface area contributed by atoms with Crippen LogP contribution in [0.3, 0.4) is 0 Å². The predicted molar refractivity (Wildman–Crippen MR) is 64.1 cm³/mol. The molecular weight excluding hydrogens is 206 g/mol. The third-order valence-corrected chi connectivity index (χ3v) is 1.90. The Morgan fingerprint density at radius 1 is 1.19 bits per heavy atom. The molecule has 0 aromatic rings. The normalized spacial score (nSPS) is 11.6. The minimum atomic E-state index is -0.101. The summed E-state index contributed by atoms with van der Waals surface area (Å²) in [5, 5.41) is 2.67. The molecule has 0 aromatic carbocycles. The Bertz CT molecular complexity index is 214. The summed E-state index contributed by atoms with van der Waals surface area (Å²) in [5.74, 6) is -0.101. The Morgan fingerprint density at radius 3 is 2.44 bits per heavy atom. The highest BCUT2D eigenvalue weighted by Gasteiger charge is 2.01. The fraction of sp³-hybridized carbons (Fsp3) is 0.750. The van der Waals surface area contributed by atoms with Crippen LogP contribution in [-0.4, -0.2) is 32.5 Å². The van der Waals surface area contributed by atoms with Gasteiger partial charge in [-0.3, -0.25) is 4.79 Å². The predicted octanol–water partition coefficient (Wildman–Crippen LogP) is 1.86. The number of hydrogen-bond acceptors (Lipinski definition) is 3. The van der Waals surface area contributed by atoms with Crippen LogP contribution in [0.25, 0.3) is 0 Å². The fourth-order valence-corrected chi connectivity index (χ4v) is 0.977. The summed E-state index contributed by atoms with van der Waals surface area (Å²) in [6, 6.07) is 0. The summed E-state index contributed by atoms with van der Waals surface area (Å²) in [5.41, 5.74) is 0.663. The van der Waals surface area contributed by atoms with Crippen LogP contribution in [0.5, 0.6) is 0 Å². The number of nitrogens with one attached hydrogen (secondary N) is 1. The molecule has 0 heterocycles. The van der Waals surface area contributed by atoms with Crippen molar-refractivity contribution in [3.8, 4) is 0 Å². The van der Waals surface area contributed by atoms with E-state index in [9.17, 15) is 4.79 Å². The summed E-state index contributed by atoms with van der Waals surface area (Å²) < 4.78 is 10.4. The molecule has 1 amide bonds. The van der Waals surface area contributed by atoms with Crippen molar-refractivity contribution in [3.63, 3.8) is 0 Å². The molecule has 0 spiro atoms. The van der Waals surface area contributed by atoms with Crippen LogP contribution in [-0.2, 0) is 14.3 Å². The van der Waals surface area contributed by atoms with Crippen LogP contribution in [0.15, 0.2) is 11.6 Å². The summed E-state index contributed by atoms with van der Waals surface area (Å²) in [6.07, 6.45) is 3.73. The van der Waals surface area contributed by atoms with Gasteiger partial charge in [-0.25, -0.2) is 0 Å². The monoisotopic (exact) mass is 229 g/mol. The first-order valence-electron chi connectivity index (χ1n) is 5.82. The molecule has 0 rings (SSSR count). The maximum absolute atomic E-state index is 11.5. The van der Waals surface area contributed by atoms with E-state index < -0.39 is 0 Å². The third kappa shape index (κ3) is 8.44. The molecule has 0 aliphatic heterocycles. The van der Waals surface area contributed by atoms with Gasteiger partial charge in [-0.1, -0.05) is 19.9 Å². The molecule has 0 radical (unpaired) electrons. The second-order valence-corrected chi connectivity index (χ2v) is 3.52. The lowest BCUT2D eigenvalue weighted by Crippen LogP contribution is -2.27. The summed E-state index contributed by atoms with van der Waals surface area (Å²) >= 11 is 0. The Morgan fingerprint density at radius 2 is 1.81 bits per heavy atom. The van der Waals surface area contributed by atoms with Gasteiger partial charge in [0.05, 0.1) is 6.61 Å². The maximum Gasteiger partial charge on any atom is 0.248 e. The van der Waals surface area contributed by atoms with Crippen LogP contribution < -0.4 is 5.32 Å². The molecular formula is C12H23NO3. The summed E-state index contributed by atoms with van der Waals surface area (Å²) in [4.78, 5) is 11.5. The highest BCUT2D eigenvalue weighted by Crippen LogP contribution is 1.93. The van der Waals surface area contributed by atoms with E-state index in [0.29, 0.717) is 18.8 Å². The molecule has 0 unspecified atom stereocenters. The van der Waals surface area contributed by atoms with E-state index in [1.165, 1.54) is 0 Å². The zero-order valence-corrected chi connectivity index (χ0v) is 10.5. The second kappa shape index (κ2) is 10.6. The van der Waals surface area contributed by atoms with Gasteiger partial charge >= 0.3 is 0 Å². The van der Waals surface area contributed by atoms with E-state index in [-0.39, 0.29) is 12.6 Å². The number of rotatable bonds is 9. The molecule has 0 atom stereocenters. The van der Waals surface area contributed by atoms with Crippen LogP contribution in [0.4, 0.5) is 0 Å². The van der Waals surface area contributed by atoms with Gasteiger partial charge in [0.25, 0.3) is 0 Å². The smallest absolute Gasteiger partial charge is 0.248 e. The van der Waals surface area contributed by atoms with E-state index in [2.05, 4.69) is 5.32 Å². The van der Waals surface area contributed by atoms with Crippen LogP contribution >= 0.6 is 0 Å². The molecule has 94 valence electrons. The molecule has 0 aliphatic rings. The third-order valence-electron chi connectivity index (χ3n) is 1.90. The topological polar surface area (TPSA) is 47.6 Å². The van der Waals surface area contributed by atoms with E-state index in [0.717, 1.165) is 19.4 Å². The van der Waals surface area contributed by atoms with E-state index in [1.807, 2.05) is 13.8 Å². The number of ether oxygens (including phenoxy) is 2. The molecule has 0 bridgehead atoms. The van der Waals surface area contributed by atoms with Gasteiger partial charge in [0.1, 0.15) is 6.73 Å². The van der Waals surface area contributed by atoms with Crippen LogP contribution in [0.2, 0.25) is 0 Å². The first kappa shape index (κ1) is 15.1. The van der Waals surface area contributed by atoms with Gasteiger partial charge in [-0.2, -0.15) is 0 Å². The highest BCUT2D eigenvalue weighted by molar-refractivity contribution is 5.92. The minimum Gasteiger partial charge on any atom is -0.377 e. The van der Waals surface area contributed by atoms with Crippen molar-refractivity contribution in [1.29, 1.82) is 0 Å². The lowest BCUT2D eigenvalue weighted by Gasteiger charge is -2.06. The Hall–Kier alpha value is -0.870. The van der Waals surface area contributed by atoms with Gasteiger partial charge < -0.3 is 14.8 Å². The van der Waals surface area contributed by atoms with Crippen molar-refractivity contribution in [2.24, 2.45) is 0 Å². The van der Waals surface area contributed by atoms with E-state index >= 15 is 0 Å². The van der Waals surface area contributed by atoms with E-state index in [1.54, 1.807) is 13.0 Å². The molecule has 0 saturated heterocycles. The zero-order valence-electron chi connectivity index (χ0n) is 10.5. The molecule has 0 aliphatic carbocycles. The van der Waals surface area contributed by atoms with Crippen LogP contribution in [0, 0.1) is 0 Å². The largest absolute Gasteiger partial charge is 0.377 e. The average molecular weight is 229 g/mol. The highest BCUT2D eigenvalue weighted by atomic mass is 16.5. The van der Waals surface area contributed by atoms with Gasteiger partial charge in [-0.15, -0.1) is 0 Å². The standard InChI is InChI=1S/C12H23NO3/c1-4-7-15-9-6-11(3)12(14)13-10-16-8-5-2/h6H,4-5,7-10H2,1-3H3,(H,13,14). The first-order chi connectivity index (χ1) is 7.72. The minimum absolute atomic E-state index is 0.101. The van der Waals surface area contributed by atoms with Gasteiger partial charge in [0, 0.05) is 18.8 Å². The first-order valence-corrected chi connectivity index (χ1v) is 5.82. The summed E-state index contributed by atoms with van der Waals surface area (Å²) in [6.45, 7) is 8.00. The van der Waals surface area contributed by atoms with Crippen molar-refractivity contribution in [2.45, 2.75) is 33.6 Å². The molecule has 0 saturated carbocycles. The molecule has 0 fully saturated rings. The van der Waals surface area contributed by atoms with Crippen LogP contribution in [0.1, 0.15) is 33.6 Å². The number of hydrogen-bond donors (Lipinski definition) is 1. The van der Waals surface area contributed by atoms with Crippen molar-refractivity contribution >= 4 is 5.91 Å². The van der Waals surface area contributed by atoms with Crippen molar-refractivity contribution in [3.05, 3.63) is 11.6 Å². The molecule has 1 N–H and O–H groups in total. The Kier molecular flexibility index (Phi) is 10.1. The summed E-state index contributed by atoms with van der Waals surface area (Å²) in [7, 11) is 0. The maximum atomic E-state index is 11.5.